The molecule has 0 aliphatic carbocycles. The van der Waals surface area contributed by atoms with Crippen molar-refractivity contribution < 1.29 is 66.7 Å². The lowest BCUT2D eigenvalue weighted by molar-refractivity contribution is -0.138. The number of hydrogen-bond donors (Lipinski definition) is 0. The molecule has 0 spiro atoms. The third-order valence-corrected chi connectivity index (χ3v) is 8.93. The zero-order valence-electron chi connectivity index (χ0n) is 35.1. The van der Waals surface area contributed by atoms with E-state index in [0.29, 0.717) is 57.1 Å². The van der Waals surface area contributed by atoms with Gasteiger partial charge in [-0.1, -0.05) is 19.7 Å². The van der Waals surface area contributed by atoms with Crippen LogP contribution in [-0.4, -0.2) is 75.8 Å². The minimum absolute atomic E-state index is 0.0505. The van der Waals surface area contributed by atoms with Crippen molar-refractivity contribution in [2.75, 3.05) is 39.6 Å². The van der Waals surface area contributed by atoms with E-state index in [1.165, 1.54) is 12.1 Å². The van der Waals surface area contributed by atoms with Crippen LogP contribution in [-0.2, 0) is 28.6 Å². The van der Waals surface area contributed by atoms with Gasteiger partial charge in [-0.05, 0) is 132 Å². The quantitative estimate of drug-likeness (QED) is 0.0145. The lowest BCUT2D eigenvalue weighted by Crippen LogP contribution is -2.13. The number of benzene rings is 3. The Morgan fingerprint density at radius 1 is 0.419 bits per heavy atom. The van der Waals surface area contributed by atoms with Crippen molar-refractivity contribution in [3.8, 4) is 28.7 Å². The lowest BCUT2D eigenvalue weighted by atomic mass is 10.1. The maximum atomic E-state index is 13.3. The first-order valence-electron chi connectivity index (χ1n) is 20.7. The van der Waals surface area contributed by atoms with Crippen LogP contribution in [0.2, 0.25) is 0 Å². The molecule has 0 unspecified atom stereocenters. The molecule has 332 valence electrons. The first-order valence-corrected chi connectivity index (χ1v) is 20.7. The van der Waals surface area contributed by atoms with Crippen LogP contribution in [0.1, 0.15) is 108 Å². The second-order valence-corrected chi connectivity index (χ2v) is 13.7. The zero-order chi connectivity index (χ0) is 44.8. The molecule has 3 rings (SSSR count). The van der Waals surface area contributed by atoms with E-state index < -0.39 is 29.8 Å². The van der Waals surface area contributed by atoms with Crippen molar-refractivity contribution in [2.24, 2.45) is 0 Å². The summed E-state index contributed by atoms with van der Waals surface area (Å²) in [7, 11) is 0. The van der Waals surface area contributed by atoms with Crippen LogP contribution < -0.4 is 23.7 Å². The van der Waals surface area contributed by atoms with Gasteiger partial charge in [0.25, 0.3) is 0 Å². The summed E-state index contributed by atoms with van der Waals surface area (Å²) in [6, 6.07) is 15.4. The smallest absolute Gasteiger partial charge is 0.343 e. The van der Waals surface area contributed by atoms with Gasteiger partial charge in [-0.15, -0.1) is 0 Å². The molecular weight excluding hydrogens is 801 g/mol. The molecule has 3 aromatic carbocycles. The van der Waals surface area contributed by atoms with Crippen molar-refractivity contribution >= 4 is 36.1 Å². The van der Waals surface area contributed by atoms with Crippen molar-refractivity contribution in [2.45, 2.75) is 77.0 Å². The van der Waals surface area contributed by atoms with E-state index in [2.05, 4.69) is 19.7 Å². The van der Waals surface area contributed by atoms with Crippen LogP contribution >= 0.6 is 0 Å². The molecule has 14 heteroatoms. The molecule has 62 heavy (non-hydrogen) atoms. The predicted octanol–water partition coefficient (Wildman–Crippen LogP) is 8.94. The molecule has 0 radical (unpaired) electrons. The van der Waals surface area contributed by atoms with Gasteiger partial charge in [0.2, 0.25) is 0 Å². The molecule has 0 N–H and O–H groups in total. The molecule has 0 amide bonds. The highest BCUT2D eigenvalue weighted by Crippen LogP contribution is 2.36. The van der Waals surface area contributed by atoms with Crippen LogP contribution in [0.25, 0.3) is 0 Å². The SMILES string of the molecule is C=CC(=O)OCCCCCCOc1ccc(C(=O)Oc2cc(OCCCCCCOC(=O)C=C)c(OC(=O)c3ccc(OCCCCCCOC(=O)C=C)cc3)cc2C=O)cc1. The van der Waals surface area contributed by atoms with E-state index in [1.807, 2.05) is 0 Å². The fraction of sp³-hybridized carbons (Fsp3) is 0.375. The summed E-state index contributed by atoms with van der Waals surface area (Å²) in [5.41, 5.74) is 0.368. The van der Waals surface area contributed by atoms with Gasteiger partial charge in [-0.25, -0.2) is 24.0 Å². The summed E-state index contributed by atoms with van der Waals surface area (Å²) in [6.45, 7) is 12.2. The Morgan fingerprint density at radius 3 is 1.15 bits per heavy atom. The molecule has 3 aromatic rings. The molecule has 0 heterocycles. The fourth-order valence-corrected chi connectivity index (χ4v) is 5.55. The minimum Gasteiger partial charge on any atom is -0.494 e. The molecule has 0 aliphatic heterocycles. The summed E-state index contributed by atoms with van der Waals surface area (Å²) in [5.74, 6) is -1.75. The second-order valence-electron chi connectivity index (χ2n) is 13.7. The van der Waals surface area contributed by atoms with Gasteiger partial charge in [0.15, 0.2) is 17.8 Å². The van der Waals surface area contributed by atoms with Crippen molar-refractivity contribution in [3.63, 3.8) is 0 Å². The summed E-state index contributed by atoms with van der Waals surface area (Å²) < 4.78 is 43.9. The molecule has 14 nitrogen and oxygen atoms in total. The zero-order valence-corrected chi connectivity index (χ0v) is 35.1. The van der Waals surface area contributed by atoms with E-state index in [4.69, 9.17) is 37.9 Å². The number of hydrogen-bond acceptors (Lipinski definition) is 14. The van der Waals surface area contributed by atoms with Crippen molar-refractivity contribution in [1.82, 2.24) is 0 Å². The summed E-state index contributed by atoms with van der Waals surface area (Å²) in [5, 5.41) is 0. The lowest BCUT2D eigenvalue weighted by Gasteiger charge is -2.15. The summed E-state index contributed by atoms with van der Waals surface area (Å²) >= 11 is 0. The predicted molar refractivity (Wildman–Crippen MR) is 230 cm³/mol. The van der Waals surface area contributed by atoms with Crippen LogP contribution in [0, 0.1) is 0 Å². The van der Waals surface area contributed by atoms with Crippen molar-refractivity contribution in [1.29, 1.82) is 0 Å². The Kier molecular flexibility index (Phi) is 23.6. The van der Waals surface area contributed by atoms with Crippen molar-refractivity contribution in [3.05, 3.63) is 115 Å². The number of unbranched alkanes of at least 4 members (excludes halogenated alkanes) is 9. The van der Waals surface area contributed by atoms with Gasteiger partial charge in [-0.3, -0.25) is 4.79 Å². The first kappa shape index (κ1) is 49.7. The van der Waals surface area contributed by atoms with Crippen LogP contribution in [0.3, 0.4) is 0 Å². The third-order valence-electron chi connectivity index (χ3n) is 8.93. The highest BCUT2D eigenvalue weighted by Gasteiger charge is 2.20. The van der Waals surface area contributed by atoms with Crippen LogP contribution in [0.5, 0.6) is 28.7 Å². The summed E-state index contributed by atoms with van der Waals surface area (Å²) in [4.78, 5) is 72.3. The fourth-order valence-electron chi connectivity index (χ4n) is 5.55. The first-order chi connectivity index (χ1) is 30.2. The Hall–Kier alpha value is -6.70. The minimum atomic E-state index is -0.737. The molecule has 0 bridgehead atoms. The Bertz CT molecular complexity index is 1920. The largest absolute Gasteiger partial charge is 0.494 e. The molecule has 0 saturated heterocycles. The average Bonchev–Trinajstić information content (AvgIpc) is 3.29. The number of aldehydes is 1. The molecule has 0 aromatic heterocycles. The normalized spacial score (nSPS) is 10.4. The molecule has 0 fully saturated rings. The molecule has 0 atom stereocenters. The van der Waals surface area contributed by atoms with Gasteiger partial charge in [-0.2, -0.15) is 0 Å². The molecular formula is C48H56O14. The Balaban J connectivity index is 1.60. The average molecular weight is 857 g/mol. The highest BCUT2D eigenvalue weighted by molar-refractivity contribution is 5.94. The van der Waals surface area contributed by atoms with Crippen LogP contribution in [0.4, 0.5) is 0 Å². The van der Waals surface area contributed by atoms with Crippen LogP contribution in [0.15, 0.2) is 98.6 Å². The second kappa shape index (κ2) is 29.5. The maximum absolute atomic E-state index is 13.3. The highest BCUT2D eigenvalue weighted by atomic mass is 16.6. The third kappa shape index (κ3) is 19.6. The van der Waals surface area contributed by atoms with Gasteiger partial charge < -0.3 is 37.9 Å². The van der Waals surface area contributed by atoms with E-state index >= 15 is 0 Å². The monoisotopic (exact) mass is 856 g/mol. The molecule has 0 aliphatic rings. The van der Waals surface area contributed by atoms with Gasteiger partial charge in [0, 0.05) is 24.3 Å². The van der Waals surface area contributed by atoms with E-state index in [9.17, 15) is 28.8 Å². The van der Waals surface area contributed by atoms with E-state index in [0.717, 1.165) is 82.4 Å². The Labute approximate surface area is 362 Å². The molecule has 0 saturated carbocycles. The van der Waals surface area contributed by atoms with Gasteiger partial charge in [0.1, 0.15) is 17.2 Å². The number of carbonyl (C=O) groups excluding carboxylic acids is 6. The number of esters is 5. The number of rotatable bonds is 32. The standard InChI is InChI=1S/C48H56O14/c1-4-44(50)58-30-16-10-7-13-27-55-39-23-19-36(20-24-39)47(53)61-41-34-42(57-29-15-9-12-18-32-60-46(52)6-3)43(33-38(41)35-49)62-48(54)37-21-25-40(26-22-37)56-28-14-8-11-17-31-59-45(51)5-2/h4-6,19-26,33-35H,1-3,7-18,27-32H2. The van der Waals surface area contributed by atoms with Gasteiger partial charge >= 0.3 is 29.8 Å². The van der Waals surface area contributed by atoms with E-state index in [1.54, 1.807) is 48.5 Å². The number of carbonyl (C=O) groups is 6. The summed E-state index contributed by atoms with van der Waals surface area (Å²) in [6.07, 6.45) is 13.2. The maximum Gasteiger partial charge on any atom is 0.343 e. The van der Waals surface area contributed by atoms with E-state index in [-0.39, 0.29) is 47.2 Å². The number of ether oxygens (including phenoxy) is 8. The topological polar surface area (TPSA) is 176 Å². The Morgan fingerprint density at radius 2 is 0.774 bits per heavy atom. The van der Waals surface area contributed by atoms with Gasteiger partial charge in [0.05, 0.1) is 56.3 Å².